The quantitative estimate of drug-likeness (QED) is 0.369. The molecule has 0 rings (SSSR count). The maximum Gasteiger partial charge on any atom is 2.00 e. The molecule has 0 bridgehead atoms. The van der Waals surface area contributed by atoms with E-state index in [0.717, 1.165) is 0 Å². The molecular formula is H9BCaO4Sr. The molecule has 0 aromatic rings. The van der Waals surface area contributed by atoms with Crippen LogP contribution >= 0.6 is 0 Å². The van der Waals surface area contributed by atoms with E-state index in [1.54, 1.807) is 0 Å². The third-order valence-corrected chi connectivity index (χ3v) is 0. The second kappa shape index (κ2) is 15.9. The molecule has 0 aliphatic rings. The van der Waals surface area contributed by atoms with Crippen LogP contribution < -0.4 is 0 Å². The van der Waals surface area contributed by atoms with Crippen molar-refractivity contribution in [3.05, 3.63) is 0 Å². The minimum Gasteiger partial charge on any atom is -1.00 e. The van der Waals surface area contributed by atoms with Gasteiger partial charge >= 0.3 is 90.5 Å². The molecule has 0 amide bonds. The summed E-state index contributed by atoms with van der Waals surface area (Å²) in [5.74, 6) is 0. The molecule has 0 aliphatic heterocycles. The van der Waals surface area contributed by atoms with E-state index < -0.39 is 7.32 Å². The Balaban J connectivity index is -0.00000000214. The zero-order valence-electron chi connectivity index (χ0n) is 7.83. The van der Waals surface area contributed by atoms with Gasteiger partial charge in [0.15, 0.2) is 0 Å². The van der Waals surface area contributed by atoms with Crippen molar-refractivity contribution in [3.8, 4) is 0 Å². The van der Waals surface area contributed by atoms with Gasteiger partial charge in [0.1, 0.15) is 0 Å². The Labute approximate surface area is 115 Å². The van der Waals surface area contributed by atoms with Gasteiger partial charge in [-0.3, -0.25) is 0 Å². The number of rotatable bonds is 0. The molecule has 0 heterocycles. The summed E-state index contributed by atoms with van der Waals surface area (Å²) in [4.78, 5) is 0. The zero-order valence-corrected chi connectivity index (χ0v) is 9.52. The second-order valence-electron chi connectivity index (χ2n) is 0.346. The van der Waals surface area contributed by atoms with Crippen LogP contribution in [0, 0.1) is 0 Å². The summed E-state index contributed by atoms with van der Waals surface area (Å²) in [5, 5.41) is 21.5. The van der Waals surface area contributed by atoms with Gasteiger partial charge in [-0.25, -0.2) is 0 Å². The van der Waals surface area contributed by atoms with Crippen molar-refractivity contribution < 1.29 is 26.3 Å². The Morgan fingerprint density at radius 3 is 1.14 bits per heavy atom. The van der Waals surface area contributed by atoms with E-state index in [2.05, 4.69) is 0 Å². The van der Waals surface area contributed by atoms with Gasteiger partial charge in [0.2, 0.25) is 0 Å². The molecule has 7 heteroatoms. The normalized spacial score (nSPS) is 3.86. The summed E-state index contributed by atoms with van der Waals surface area (Å²) in [6.07, 6.45) is 0. The van der Waals surface area contributed by atoms with Crippen LogP contribution in [0.4, 0.5) is 0 Å². The van der Waals surface area contributed by atoms with Crippen molar-refractivity contribution >= 4 is 90.5 Å². The largest absolute Gasteiger partial charge is 2.00 e. The van der Waals surface area contributed by atoms with Crippen LogP contribution in [0.1, 0.15) is 5.71 Å². The molecule has 0 unspecified atom stereocenters. The van der Waals surface area contributed by atoms with E-state index >= 15 is 0 Å². The van der Waals surface area contributed by atoms with Gasteiger partial charge in [-0.1, -0.05) is 0 Å². The third-order valence-electron chi connectivity index (χ3n) is 0. The Hall–Kier alpha value is 2.65. The minimum atomic E-state index is -2.17. The first kappa shape index (κ1) is 22.6. The molecule has 40 valence electrons. The van der Waals surface area contributed by atoms with Crippen molar-refractivity contribution in [1.82, 2.24) is 0 Å². The predicted octanol–water partition coefficient (Wildman–Crippen LogP) is -3.19. The summed E-state index contributed by atoms with van der Waals surface area (Å²) in [7, 11) is -2.17. The molecule has 0 atom stereocenters. The fraction of sp³-hybridized carbons (Fsp3) is 0. The van der Waals surface area contributed by atoms with Crippen molar-refractivity contribution in [2.45, 2.75) is 0 Å². The average Bonchev–Trinajstić information content (AvgIpc) is 0.811. The smallest absolute Gasteiger partial charge is 1.00 e. The van der Waals surface area contributed by atoms with E-state index in [9.17, 15) is 0 Å². The first-order valence-electron chi connectivity index (χ1n) is 0.775. The van der Waals surface area contributed by atoms with Gasteiger partial charge < -0.3 is 26.3 Å². The van der Waals surface area contributed by atoms with Crippen LogP contribution in [0.2, 0.25) is 0 Å². The third kappa shape index (κ3) is 54.6. The van der Waals surface area contributed by atoms with Crippen LogP contribution in [0.5, 0.6) is 0 Å². The molecule has 5 N–H and O–H groups in total. The molecule has 0 fully saturated rings. The predicted molar refractivity (Wildman–Crippen MR) is 32.0 cm³/mol. The molecule has 7 heavy (non-hydrogen) atoms. The molecule has 0 saturated heterocycles. The zero-order chi connectivity index (χ0) is 3.58. The van der Waals surface area contributed by atoms with Gasteiger partial charge in [-0.2, -0.15) is 0 Å². The van der Waals surface area contributed by atoms with Crippen molar-refractivity contribution in [2.75, 3.05) is 0 Å². The topological polar surface area (TPSA) is 92.2 Å². The standard InChI is InChI=1S/BH3O3.Ca.H2O.Sr.4H/c2-1(3)4;;;;;;;/h2-4H;;1H2;;;;;/q;+2;;+2;4*-1. The molecule has 0 saturated carbocycles. The van der Waals surface area contributed by atoms with Gasteiger partial charge in [0, 0.05) is 0 Å². The summed E-state index contributed by atoms with van der Waals surface area (Å²) < 4.78 is 0. The molecule has 0 spiro atoms. The van der Waals surface area contributed by atoms with Crippen LogP contribution in [-0.4, -0.2) is 111 Å². The van der Waals surface area contributed by atoms with Gasteiger partial charge in [0.05, 0.1) is 0 Å². The Morgan fingerprint density at radius 2 is 1.14 bits per heavy atom. The number of hydrogen-bond acceptors (Lipinski definition) is 3. The molecule has 0 aliphatic carbocycles. The maximum absolute atomic E-state index is 7.17. The summed E-state index contributed by atoms with van der Waals surface area (Å²) in [6, 6.07) is 0. The fourth-order valence-corrected chi connectivity index (χ4v) is 0. The average molecular weight is 212 g/mol. The monoisotopic (exact) mass is 212 g/mol. The van der Waals surface area contributed by atoms with E-state index in [0.29, 0.717) is 0 Å². The van der Waals surface area contributed by atoms with E-state index in [1.807, 2.05) is 0 Å². The Bertz CT molecular complexity index is 26.8. The Morgan fingerprint density at radius 1 is 1.14 bits per heavy atom. The van der Waals surface area contributed by atoms with Crippen LogP contribution in [0.15, 0.2) is 0 Å². The molecule has 0 aromatic heterocycles. The van der Waals surface area contributed by atoms with Gasteiger partial charge in [-0.15, -0.1) is 0 Å². The van der Waals surface area contributed by atoms with Crippen LogP contribution in [0.25, 0.3) is 0 Å². The second-order valence-corrected chi connectivity index (χ2v) is 0.346. The SMILES string of the molecule is O.OB(O)O.[Ca+2].[H-].[H-].[H-].[H-].[Sr+2]. The summed E-state index contributed by atoms with van der Waals surface area (Å²) in [5.41, 5.74) is 0. The van der Waals surface area contributed by atoms with Crippen LogP contribution in [-0.2, 0) is 0 Å². The van der Waals surface area contributed by atoms with Gasteiger partial charge in [0.25, 0.3) is 0 Å². The minimum absolute atomic E-state index is 0. The Kier molecular flexibility index (Phi) is 51.2. The maximum atomic E-state index is 7.17. The molecule has 0 aromatic carbocycles. The molecule has 0 radical (unpaired) electrons. The van der Waals surface area contributed by atoms with E-state index in [-0.39, 0.29) is 94.4 Å². The fourth-order valence-electron chi connectivity index (χ4n) is 0. The van der Waals surface area contributed by atoms with Crippen molar-refractivity contribution in [2.24, 2.45) is 0 Å². The molecule has 4 nitrogen and oxygen atoms in total. The van der Waals surface area contributed by atoms with E-state index in [1.165, 1.54) is 0 Å². The number of hydrogen-bond donors (Lipinski definition) is 3. The van der Waals surface area contributed by atoms with Crippen molar-refractivity contribution in [3.63, 3.8) is 0 Å². The van der Waals surface area contributed by atoms with Crippen LogP contribution in [0.3, 0.4) is 0 Å². The first-order valence-corrected chi connectivity index (χ1v) is 0.775. The summed E-state index contributed by atoms with van der Waals surface area (Å²) in [6.45, 7) is 0. The van der Waals surface area contributed by atoms with Crippen molar-refractivity contribution in [1.29, 1.82) is 0 Å². The van der Waals surface area contributed by atoms with Gasteiger partial charge in [-0.05, 0) is 0 Å². The first-order chi connectivity index (χ1) is 1.73. The molecular weight excluding hydrogens is 203 g/mol. The summed E-state index contributed by atoms with van der Waals surface area (Å²) >= 11 is 0. The van der Waals surface area contributed by atoms with E-state index in [4.69, 9.17) is 15.1 Å².